The zero-order valence-corrected chi connectivity index (χ0v) is 10.9. The Morgan fingerprint density at radius 2 is 2.05 bits per heavy atom. The molecule has 0 fully saturated rings. The third kappa shape index (κ3) is 5.02. The zero-order valence-electron chi connectivity index (χ0n) is 10.9. The molecule has 0 unspecified atom stereocenters. The van der Waals surface area contributed by atoms with Crippen LogP contribution in [0.2, 0.25) is 0 Å². The Labute approximate surface area is 113 Å². The molecule has 1 heterocycles. The van der Waals surface area contributed by atoms with Crippen molar-refractivity contribution in [1.82, 2.24) is 10.3 Å². The average molecular weight is 293 g/mol. The van der Waals surface area contributed by atoms with E-state index in [2.05, 4.69) is 10.3 Å². The second-order valence-corrected chi connectivity index (χ2v) is 4.07. The fraction of sp³-hybridized carbons (Fsp3) is 0.500. The summed E-state index contributed by atoms with van der Waals surface area (Å²) in [5.41, 5.74) is -0.333. The standard InChI is InChI=1S/C12H15F4N3O/c1-2-5-17-10-9(13)8(3-6-18-10)11(20)19-7-4-12(14,15)16/h3,6H,2,4-5,7H2,1H3,(H,17,18)(H,19,20). The zero-order chi connectivity index (χ0) is 15.2. The van der Waals surface area contributed by atoms with E-state index in [-0.39, 0.29) is 11.4 Å². The van der Waals surface area contributed by atoms with Crippen LogP contribution in [0.25, 0.3) is 0 Å². The van der Waals surface area contributed by atoms with E-state index in [1.165, 1.54) is 6.20 Å². The first-order chi connectivity index (χ1) is 9.35. The van der Waals surface area contributed by atoms with Crippen molar-refractivity contribution in [2.75, 3.05) is 18.4 Å². The summed E-state index contributed by atoms with van der Waals surface area (Å²) in [7, 11) is 0. The minimum Gasteiger partial charge on any atom is -0.368 e. The second kappa shape index (κ2) is 7.06. The summed E-state index contributed by atoms with van der Waals surface area (Å²) in [6.45, 7) is 1.75. The highest BCUT2D eigenvalue weighted by atomic mass is 19.4. The lowest BCUT2D eigenvalue weighted by Crippen LogP contribution is -2.28. The summed E-state index contributed by atoms with van der Waals surface area (Å²) in [4.78, 5) is 15.3. The molecule has 0 aliphatic rings. The van der Waals surface area contributed by atoms with E-state index in [0.717, 1.165) is 12.5 Å². The highest BCUT2D eigenvalue weighted by molar-refractivity contribution is 5.95. The topological polar surface area (TPSA) is 54.0 Å². The van der Waals surface area contributed by atoms with Crippen molar-refractivity contribution in [3.05, 3.63) is 23.6 Å². The number of aromatic nitrogens is 1. The normalized spacial score (nSPS) is 11.2. The van der Waals surface area contributed by atoms with E-state index in [1.54, 1.807) is 0 Å². The first-order valence-electron chi connectivity index (χ1n) is 6.08. The molecular formula is C12H15F4N3O. The lowest BCUT2D eigenvalue weighted by atomic mass is 10.2. The molecule has 112 valence electrons. The Bertz CT molecular complexity index is 463. The summed E-state index contributed by atoms with van der Waals surface area (Å²) in [5.74, 6) is -1.85. The van der Waals surface area contributed by atoms with E-state index in [4.69, 9.17) is 0 Å². The van der Waals surface area contributed by atoms with Gasteiger partial charge in [-0.1, -0.05) is 6.92 Å². The molecule has 0 radical (unpaired) electrons. The molecule has 1 aromatic heterocycles. The number of hydrogen-bond donors (Lipinski definition) is 2. The van der Waals surface area contributed by atoms with Gasteiger partial charge in [-0.25, -0.2) is 9.37 Å². The van der Waals surface area contributed by atoms with Gasteiger partial charge in [0, 0.05) is 19.3 Å². The van der Waals surface area contributed by atoms with Gasteiger partial charge in [0.05, 0.1) is 12.0 Å². The number of anilines is 1. The SMILES string of the molecule is CCCNc1nccc(C(=O)NCCC(F)(F)F)c1F. The minimum atomic E-state index is -4.36. The average Bonchev–Trinajstić information content (AvgIpc) is 2.36. The number of halogens is 4. The number of amides is 1. The first kappa shape index (κ1) is 16.2. The van der Waals surface area contributed by atoms with Gasteiger partial charge in [0.25, 0.3) is 5.91 Å². The van der Waals surface area contributed by atoms with Crippen LogP contribution in [-0.4, -0.2) is 30.2 Å². The molecule has 2 N–H and O–H groups in total. The van der Waals surface area contributed by atoms with Crippen LogP contribution in [-0.2, 0) is 0 Å². The summed E-state index contributed by atoms with van der Waals surface area (Å²) in [5, 5.41) is 4.72. The van der Waals surface area contributed by atoms with Crippen LogP contribution in [0.4, 0.5) is 23.4 Å². The van der Waals surface area contributed by atoms with Crippen molar-refractivity contribution in [1.29, 1.82) is 0 Å². The second-order valence-electron chi connectivity index (χ2n) is 4.07. The van der Waals surface area contributed by atoms with Crippen LogP contribution in [0.15, 0.2) is 12.3 Å². The van der Waals surface area contributed by atoms with Crippen LogP contribution in [0.1, 0.15) is 30.1 Å². The molecule has 0 aliphatic heterocycles. The molecule has 4 nitrogen and oxygen atoms in total. The number of pyridine rings is 1. The molecule has 1 rings (SSSR count). The fourth-order valence-electron chi connectivity index (χ4n) is 1.40. The summed E-state index contributed by atoms with van der Waals surface area (Å²) < 4.78 is 49.7. The number of nitrogens with zero attached hydrogens (tertiary/aromatic N) is 1. The molecule has 20 heavy (non-hydrogen) atoms. The predicted octanol–water partition coefficient (Wildman–Crippen LogP) is 2.72. The van der Waals surface area contributed by atoms with Gasteiger partial charge in [-0.3, -0.25) is 4.79 Å². The molecule has 0 aliphatic carbocycles. The molecule has 8 heteroatoms. The third-order valence-corrected chi connectivity index (χ3v) is 2.37. The smallest absolute Gasteiger partial charge is 0.368 e. The quantitative estimate of drug-likeness (QED) is 0.793. The van der Waals surface area contributed by atoms with Crippen LogP contribution < -0.4 is 10.6 Å². The van der Waals surface area contributed by atoms with E-state index in [9.17, 15) is 22.4 Å². The van der Waals surface area contributed by atoms with Gasteiger partial charge in [-0.15, -0.1) is 0 Å². The van der Waals surface area contributed by atoms with Crippen LogP contribution in [0, 0.1) is 5.82 Å². The number of alkyl halides is 3. The first-order valence-corrected chi connectivity index (χ1v) is 6.08. The molecular weight excluding hydrogens is 278 g/mol. The Hall–Kier alpha value is -1.86. The van der Waals surface area contributed by atoms with E-state index in [0.29, 0.717) is 6.54 Å². The van der Waals surface area contributed by atoms with Crippen LogP contribution in [0.5, 0.6) is 0 Å². The molecule has 0 bridgehead atoms. The predicted molar refractivity (Wildman–Crippen MR) is 66.0 cm³/mol. The number of hydrogen-bond acceptors (Lipinski definition) is 3. The van der Waals surface area contributed by atoms with Crippen molar-refractivity contribution < 1.29 is 22.4 Å². The van der Waals surface area contributed by atoms with Crippen molar-refractivity contribution in [2.24, 2.45) is 0 Å². The summed E-state index contributed by atoms with van der Waals surface area (Å²) in [6, 6.07) is 1.12. The van der Waals surface area contributed by atoms with Gasteiger partial charge < -0.3 is 10.6 Å². The molecule has 0 saturated carbocycles. The summed E-state index contributed by atoms with van der Waals surface area (Å²) >= 11 is 0. The van der Waals surface area contributed by atoms with Crippen molar-refractivity contribution in [3.63, 3.8) is 0 Å². The third-order valence-electron chi connectivity index (χ3n) is 2.37. The lowest BCUT2D eigenvalue weighted by molar-refractivity contribution is -0.132. The van der Waals surface area contributed by atoms with Crippen LogP contribution >= 0.6 is 0 Å². The number of carbonyl (C=O) groups excluding carboxylic acids is 1. The van der Waals surface area contributed by atoms with Crippen molar-refractivity contribution in [2.45, 2.75) is 25.9 Å². The van der Waals surface area contributed by atoms with Crippen LogP contribution in [0.3, 0.4) is 0 Å². The van der Waals surface area contributed by atoms with Gasteiger partial charge in [-0.2, -0.15) is 13.2 Å². The molecule has 0 aromatic carbocycles. The Morgan fingerprint density at radius 1 is 1.35 bits per heavy atom. The van der Waals surface area contributed by atoms with Gasteiger partial charge in [-0.05, 0) is 12.5 Å². The minimum absolute atomic E-state index is 0.0877. The molecule has 1 amide bonds. The van der Waals surface area contributed by atoms with Gasteiger partial charge in [0.2, 0.25) is 0 Å². The maximum Gasteiger partial charge on any atom is 0.390 e. The van der Waals surface area contributed by atoms with E-state index < -0.39 is 30.9 Å². The number of nitrogens with one attached hydrogen (secondary N) is 2. The maximum absolute atomic E-state index is 13.9. The Kier molecular flexibility index (Phi) is 5.72. The fourth-order valence-corrected chi connectivity index (χ4v) is 1.40. The van der Waals surface area contributed by atoms with Crippen molar-refractivity contribution >= 4 is 11.7 Å². The number of carbonyl (C=O) groups is 1. The molecule has 0 saturated heterocycles. The molecule has 0 spiro atoms. The lowest BCUT2D eigenvalue weighted by Gasteiger charge is -2.10. The molecule has 1 aromatic rings. The highest BCUT2D eigenvalue weighted by Gasteiger charge is 2.27. The molecule has 0 atom stereocenters. The van der Waals surface area contributed by atoms with E-state index >= 15 is 0 Å². The Balaban J connectivity index is 2.68. The maximum atomic E-state index is 13.9. The van der Waals surface area contributed by atoms with Gasteiger partial charge >= 0.3 is 6.18 Å². The summed E-state index contributed by atoms with van der Waals surface area (Å²) in [6.07, 6.45) is -3.56. The van der Waals surface area contributed by atoms with Crippen molar-refractivity contribution in [3.8, 4) is 0 Å². The largest absolute Gasteiger partial charge is 0.390 e. The Morgan fingerprint density at radius 3 is 2.65 bits per heavy atom. The van der Waals surface area contributed by atoms with Gasteiger partial charge in [0.15, 0.2) is 11.6 Å². The van der Waals surface area contributed by atoms with E-state index in [1.807, 2.05) is 12.2 Å². The number of rotatable bonds is 6. The highest BCUT2D eigenvalue weighted by Crippen LogP contribution is 2.19. The van der Waals surface area contributed by atoms with Gasteiger partial charge in [0.1, 0.15) is 0 Å². The monoisotopic (exact) mass is 293 g/mol.